The van der Waals surface area contributed by atoms with Crippen molar-refractivity contribution in [3.8, 4) is 0 Å². The zero-order valence-electron chi connectivity index (χ0n) is 14.3. The van der Waals surface area contributed by atoms with Crippen LogP contribution in [0.1, 0.15) is 24.0 Å². The van der Waals surface area contributed by atoms with Crippen LogP contribution in [0.4, 0.5) is 4.79 Å². The summed E-state index contributed by atoms with van der Waals surface area (Å²) in [7, 11) is 0. The van der Waals surface area contributed by atoms with Gasteiger partial charge in [0.25, 0.3) is 0 Å². The summed E-state index contributed by atoms with van der Waals surface area (Å²) in [5.41, 5.74) is 0. The van der Waals surface area contributed by atoms with Crippen molar-refractivity contribution in [3.05, 3.63) is 35.8 Å². The molecule has 1 saturated heterocycles. The molecule has 0 aliphatic carbocycles. The van der Waals surface area contributed by atoms with Crippen LogP contribution < -0.4 is 0 Å². The number of thioether (sulfide) groups is 1. The second kappa shape index (κ2) is 7.61. The predicted octanol–water partition coefficient (Wildman–Crippen LogP) is 3.29. The summed E-state index contributed by atoms with van der Waals surface area (Å²) in [4.78, 5) is 32.1. The standard InChI is InChI=1S/C17H21N3O3S2/c1-4-5-23-17(22)20-10-14(24-12(3)21)6-13(20)7-15-9-19-11(2)18-8-16(19)25-15/h4,8-9,13-14H,1,5-7,10H2,2-3H3/t13-,14-/m0/s1. The van der Waals surface area contributed by atoms with E-state index < -0.39 is 0 Å². The number of likely N-dealkylation sites (tertiary alicyclic amines) is 1. The van der Waals surface area contributed by atoms with Crippen molar-refractivity contribution < 1.29 is 14.3 Å². The normalized spacial score (nSPS) is 20.2. The Balaban J connectivity index is 1.75. The lowest BCUT2D eigenvalue weighted by Crippen LogP contribution is -2.37. The highest BCUT2D eigenvalue weighted by molar-refractivity contribution is 8.14. The predicted molar refractivity (Wildman–Crippen MR) is 100 cm³/mol. The highest BCUT2D eigenvalue weighted by Gasteiger charge is 2.37. The molecule has 0 aromatic carbocycles. The minimum Gasteiger partial charge on any atom is -0.445 e. The Labute approximate surface area is 154 Å². The zero-order chi connectivity index (χ0) is 18.0. The summed E-state index contributed by atoms with van der Waals surface area (Å²) < 4.78 is 7.29. The molecule has 2 aromatic rings. The maximum Gasteiger partial charge on any atom is 0.410 e. The highest BCUT2D eigenvalue weighted by Crippen LogP contribution is 2.32. The molecule has 1 amide bonds. The number of hydrogen-bond donors (Lipinski definition) is 0. The van der Waals surface area contributed by atoms with Crippen LogP contribution in [0.5, 0.6) is 0 Å². The van der Waals surface area contributed by atoms with Gasteiger partial charge in [-0.15, -0.1) is 11.3 Å². The summed E-state index contributed by atoms with van der Waals surface area (Å²) in [6.07, 6.45) is 6.71. The SMILES string of the molecule is C=CCOC(=O)N1C[C@@H](SC(C)=O)C[C@H]1Cc1cn2c(C)ncc2s1. The zero-order valence-corrected chi connectivity index (χ0v) is 15.9. The van der Waals surface area contributed by atoms with Crippen LogP contribution in [0.15, 0.2) is 25.0 Å². The van der Waals surface area contributed by atoms with Gasteiger partial charge in [0, 0.05) is 42.3 Å². The first-order chi connectivity index (χ1) is 12.0. The van der Waals surface area contributed by atoms with Crippen molar-refractivity contribution in [1.82, 2.24) is 14.3 Å². The van der Waals surface area contributed by atoms with Crippen molar-refractivity contribution in [2.75, 3.05) is 13.2 Å². The summed E-state index contributed by atoms with van der Waals surface area (Å²) in [5.74, 6) is 0.955. The minimum atomic E-state index is -0.336. The maximum atomic E-state index is 12.4. The van der Waals surface area contributed by atoms with Crippen LogP contribution in [0.2, 0.25) is 0 Å². The van der Waals surface area contributed by atoms with Gasteiger partial charge in [-0.25, -0.2) is 9.78 Å². The van der Waals surface area contributed by atoms with Gasteiger partial charge >= 0.3 is 6.09 Å². The number of hydrogen-bond acceptors (Lipinski definition) is 6. The van der Waals surface area contributed by atoms with Gasteiger partial charge in [-0.05, 0) is 13.3 Å². The third kappa shape index (κ3) is 4.07. The monoisotopic (exact) mass is 379 g/mol. The van der Waals surface area contributed by atoms with Crippen molar-refractivity contribution in [2.24, 2.45) is 0 Å². The number of rotatable bonds is 5. The summed E-state index contributed by atoms with van der Waals surface area (Å²) in [6.45, 7) is 7.84. The number of imidazole rings is 1. The molecule has 134 valence electrons. The molecule has 6 nitrogen and oxygen atoms in total. The van der Waals surface area contributed by atoms with Gasteiger partial charge in [0.2, 0.25) is 0 Å². The Morgan fingerprint density at radius 3 is 3.04 bits per heavy atom. The van der Waals surface area contributed by atoms with Gasteiger partial charge in [0.05, 0.1) is 6.20 Å². The van der Waals surface area contributed by atoms with Gasteiger partial charge in [0.1, 0.15) is 17.3 Å². The van der Waals surface area contributed by atoms with Crippen molar-refractivity contribution >= 4 is 39.1 Å². The summed E-state index contributed by atoms with van der Waals surface area (Å²) >= 11 is 2.99. The van der Waals surface area contributed by atoms with Crippen LogP contribution in [0.3, 0.4) is 0 Å². The Morgan fingerprint density at radius 1 is 1.56 bits per heavy atom. The smallest absolute Gasteiger partial charge is 0.410 e. The third-order valence-corrected chi connectivity index (χ3v) is 6.21. The molecule has 0 spiro atoms. The molecule has 3 heterocycles. The number of ether oxygens (including phenoxy) is 1. The maximum absolute atomic E-state index is 12.4. The minimum absolute atomic E-state index is 0.0331. The molecule has 0 saturated carbocycles. The number of thiazole rings is 1. The largest absolute Gasteiger partial charge is 0.445 e. The number of carbonyl (C=O) groups excluding carboxylic acids is 2. The Morgan fingerprint density at radius 2 is 2.36 bits per heavy atom. The topological polar surface area (TPSA) is 63.9 Å². The molecular formula is C17H21N3O3S2. The summed E-state index contributed by atoms with van der Waals surface area (Å²) in [5, 5.41) is 0.199. The molecule has 0 radical (unpaired) electrons. The van der Waals surface area contributed by atoms with Crippen LogP contribution in [0.25, 0.3) is 4.83 Å². The van der Waals surface area contributed by atoms with Crippen LogP contribution in [0, 0.1) is 6.92 Å². The highest BCUT2D eigenvalue weighted by atomic mass is 32.2. The van der Waals surface area contributed by atoms with E-state index in [2.05, 4.69) is 22.2 Å². The Hall–Kier alpha value is -1.80. The number of fused-ring (bicyclic) bond motifs is 1. The molecule has 1 aliphatic rings. The third-order valence-electron chi connectivity index (χ3n) is 4.16. The molecule has 0 bridgehead atoms. The molecule has 1 aliphatic heterocycles. The molecule has 0 N–H and O–H groups in total. The second-order valence-electron chi connectivity index (χ2n) is 6.05. The fourth-order valence-electron chi connectivity index (χ4n) is 3.12. The first-order valence-corrected chi connectivity index (χ1v) is 9.81. The van der Waals surface area contributed by atoms with Gasteiger partial charge in [0.15, 0.2) is 5.12 Å². The Kier molecular flexibility index (Phi) is 5.48. The number of nitrogens with zero attached hydrogens (tertiary/aromatic N) is 3. The van der Waals surface area contributed by atoms with E-state index in [1.807, 2.05) is 13.1 Å². The van der Waals surface area contributed by atoms with E-state index in [9.17, 15) is 9.59 Å². The van der Waals surface area contributed by atoms with Gasteiger partial charge in [-0.3, -0.25) is 9.20 Å². The lowest BCUT2D eigenvalue weighted by molar-refractivity contribution is -0.109. The first kappa shape index (κ1) is 18.0. The lowest BCUT2D eigenvalue weighted by atomic mass is 10.1. The number of amides is 1. The van der Waals surface area contributed by atoms with Crippen LogP contribution in [-0.4, -0.2) is 49.9 Å². The van der Waals surface area contributed by atoms with Crippen molar-refractivity contribution in [3.63, 3.8) is 0 Å². The van der Waals surface area contributed by atoms with Gasteiger partial charge in [-0.1, -0.05) is 24.4 Å². The first-order valence-electron chi connectivity index (χ1n) is 8.11. The van der Waals surface area contributed by atoms with E-state index in [-0.39, 0.29) is 29.1 Å². The van der Waals surface area contributed by atoms with Crippen LogP contribution in [-0.2, 0) is 16.0 Å². The van der Waals surface area contributed by atoms with E-state index in [1.54, 1.807) is 29.2 Å². The van der Waals surface area contributed by atoms with E-state index in [1.165, 1.54) is 16.6 Å². The molecule has 2 atom stereocenters. The van der Waals surface area contributed by atoms with E-state index in [0.29, 0.717) is 6.54 Å². The fraction of sp³-hybridized carbons (Fsp3) is 0.471. The average molecular weight is 380 g/mol. The molecule has 1 fully saturated rings. The number of aryl methyl sites for hydroxylation is 1. The molecule has 8 heteroatoms. The molecule has 25 heavy (non-hydrogen) atoms. The fourth-order valence-corrected chi connectivity index (χ4v) is 5.23. The van der Waals surface area contributed by atoms with Crippen LogP contribution >= 0.6 is 23.1 Å². The molecule has 3 rings (SSSR count). The van der Waals surface area contributed by atoms with E-state index in [0.717, 1.165) is 23.5 Å². The lowest BCUT2D eigenvalue weighted by Gasteiger charge is -2.23. The van der Waals surface area contributed by atoms with E-state index >= 15 is 0 Å². The molecule has 0 unspecified atom stereocenters. The number of aromatic nitrogens is 2. The van der Waals surface area contributed by atoms with E-state index in [4.69, 9.17) is 4.74 Å². The Bertz CT molecular complexity index is 798. The summed E-state index contributed by atoms with van der Waals surface area (Å²) in [6, 6.07) is 0.0331. The molecule has 2 aromatic heterocycles. The number of carbonyl (C=O) groups is 2. The van der Waals surface area contributed by atoms with Crippen molar-refractivity contribution in [2.45, 2.75) is 38.0 Å². The van der Waals surface area contributed by atoms with Gasteiger partial charge in [-0.2, -0.15) is 0 Å². The molecular weight excluding hydrogens is 358 g/mol. The second-order valence-corrected chi connectivity index (χ2v) is 8.68. The quantitative estimate of drug-likeness (QED) is 0.746. The van der Waals surface area contributed by atoms with Crippen molar-refractivity contribution in [1.29, 1.82) is 0 Å². The average Bonchev–Trinajstić information content (AvgIpc) is 3.22. The van der Waals surface area contributed by atoms with Gasteiger partial charge < -0.3 is 9.64 Å².